The largest absolute Gasteiger partial charge is 0.207 e. The van der Waals surface area contributed by atoms with Crippen LogP contribution in [0.4, 0.5) is 4.39 Å². The van der Waals surface area contributed by atoms with Crippen molar-refractivity contribution in [3.63, 3.8) is 0 Å². The molecule has 0 amide bonds. The Balaban J connectivity index is 1.34. The van der Waals surface area contributed by atoms with Gasteiger partial charge in [-0.1, -0.05) is 75.7 Å². The summed E-state index contributed by atoms with van der Waals surface area (Å²) in [6.45, 7) is 2.30. The van der Waals surface area contributed by atoms with Crippen LogP contribution >= 0.6 is 0 Å². The fourth-order valence-electron chi connectivity index (χ4n) is 5.33. The summed E-state index contributed by atoms with van der Waals surface area (Å²) in [5.41, 5.74) is 2.90. The number of rotatable bonds is 9. The second kappa shape index (κ2) is 11.0. The molecule has 1 aromatic carbocycles. The molecule has 1 atom stereocenters. The van der Waals surface area contributed by atoms with Crippen LogP contribution in [-0.4, -0.2) is 0 Å². The molecule has 1 aromatic rings. The van der Waals surface area contributed by atoms with E-state index in [9.17, 15) is 4.39 Å². The highest BCUT2D eigenvalue weighted by Gasteiger charge is 2.28. The molecule has 0 radical (unpaired) electrons. The lowest BCUT2D eigenvalue weighted by Crippen LogP contribution is -2.23. The van der Waals surface area contributed by atoms with Crippen molar-refractivity contribution < 1.29 is 4.39 Å². The average molecular weight is 371 g/mol. The van der Waals surface area contributed by atoms with Gasteiger partial charge in [0.05, 0.1) is 0 Å². The molecule has 1 unspecified atom stereocenters. The van der Waals surface area contributed by atoms with Gasteiger partial charge in [-0.15, -0.1) is 0 Å². The van der Waals surface area contributed by atoms with Crippen LogP contribution in [-0.2, 0) is 6.42 Å². The third-order valence-corrected chi connectivity index (χ3v) is 7.22. The SMILES string of the molecule is CCCCCCC1CCC(C2CC=C(CCc3ccc(F)cc3)CC2)CC1. The molecule has 2 aliphatic carbocycles. The molecule has 1 heteroatoms. The van der Waals surface area contributed by atoms with E-state index < -0.39 is 0 Å². The molecule has 1 fully saturated rings. The Kier molecular flexibility index (Phi) is 8.42. The van der Waals surface area contributed by atoms with E-state index in [1.165, 1.54) is 82.6 Å². The van der Waals surface area contributed by atoms with E-state index >= 15 is 0 Å². The summed E-state index contributed by atoms with van der Waals surface area (Å²) in [4.78, 5) is 0. The van der Waals surface area contributed by atoms with E-state index in [2.05, 4.69) is 13.0 Å². The van der Waals surface area contributed by atoms with Crippen LogP contribution in [0.25, 0.3) is 0 Å². The van der Waals surface area contributed by atoms with Crippen molar-refractivity contribution in [2.75, 3.05) is 0 Å². The maximum atomic E-state index is 13.0. The van der Waals surface area contributed by atoms with Crippen molar-refractivity contribution in [3.05, 3.63) is 47.3 Å². The Labute approximate surface area is 166 Å². The van der Waals surface area contributed by atoms with E-state index in [1.54, 1.807) is 17.7 Å². The minimum atomic E-state index is -0.130. The molecule has 0 bridgehead atoms. The second-order valence-corrected chi connectivity index (χ2v) is 9.15. The van der Waals surface area contributed by atoms with E-state index in [1.807, 2.05) is 12.1 Å². The number of benzene rings is 1. The first-order valence-electron chi connectivity index (χ1n) is 11.7. The molecule has 150 valence electrons. The third-order valence-electron chi connectivity index (χ3n) is 7.22. The van der Waals surface area contributed by atoms with Crippen LogP contribution in [0.15, 0.2) is 35.9 Å². The topological polar surface area (TPSA) is 0 Å². The minimum Gasteiger partial charge on any atom is -0.207 e. The first-order valence-corrected chi connectivity index (χ1v) is 11.7. The van der Waals surface area contributed by atoms with Crippen LogP contribution in [0.2, 0.25) is 0 Å². The lowest BCUT2D eigenvalue weighted by molar-refractivity contribution is 0.185. The average Bonchev–Trinajstić information content (AvgIpc) is 2.72. The van der Waals surface area contributed by atoms with Crippen molar-refractivity contribution in [2.45, 2.75) is 96.8 Å². The van der Waals surface area contributed by atoms with Crippen molar-refractivity contribution in [1.82, 2.24) is 0 Å². The molecule has 2 aliphatic rings. The molecule has 0 spiro atoms. The lowest BCUT2D eigenvalue weighted by Gasteiger charge is -2.35. The summed E-state index contributed by atoms with van der Waals surface area (Å²) in [5, 5.41) is 0. The van der Waals surface area contributed by atoms with Gasteiger partial charge in [0, 0.05) is 0 Å². The van der Waals surface area contributed by atoms with Gasteiger partial charge in [-0.05, 0) is 80.4 Å². The Morgan fingerprint density at radius 1 is 0.852 bits per heavy atom. The van der Waals surface area contributed by atoms with Crippen molar-refractivity contribution in [3.8, 4) is 0 Å². The predicted octanol–water partition coefficient (Wildman–Crippen LogP) is 8.26. The molecule has 0 nitrogen and oxygen atoms in total. The quantitative estimate of drug-likeness (QED) is 0.303. The fraction of sp³-hybridized carbons (Fsp3) is 0.692. The number of aryl methyl sites for hydroxylation is 1. The Morgan fingerprint density at radius 2 is 1.63 bits per heavy atom. The summed E-state index contributed by atoms with van der Waals surface area (Å²) < 4.78 is 13.0. The second-order valence-electron chi connectivity index (χ2n) is 9.15. The number of hydrogen-bond donors (Lipinski definition) is 0. The summed E-state index contributed by atoms with van der Waals surface area (Å²) >= 11 is 0. The fourth-order valence-corrected chi connectivity index (χ4v) is 5.33. The summed E-state index contributed by atoms with van der Waals surface area (Å²) in [6, 6.07) is 7.03. The van der Waals surface area contributed by atoms with Gasteiger partial charge in [0.25, 0.3) is 0 Å². The van der Waals surface area contributed by atoms with Gasteiger partial charge < -0.3 is 0 Å². The van der Waals surface area contributed by atoms with Crippen LogP contribution < -0.4 is 0 Å². The minimum absolute atomic E-state index is 0.130. The normalized spacial score (nSPS) is 26.0. The highest BCUT2D eigenvalue weighted by atomic mass is 19.1. The standard InChI is InChI=1S/C26H39F/c1-2-3-4-5-6-21-9-15-24(16-10-21)25-17-11-22(12-18-25)7-8-23-13-19-26(27)20-14-23/h11,13-14,19-21,24-25H,2-10,12,15-18H2,1H3. The van der Waals surface area contributed by atoms with Gasteiger partial charge in [-0.25, -0.2) is 4.39 Å². The maximum Gasteiger partial charge on any atom is 0.123 e. The number of unbranched alkanes of at least 4 members (excludes halogenated alkanes) is 3. The van der Waals surface area contributed by atoms with Gasteiger partial charge in [0.15, 0.2) is 0 Å². The summed E-state index contributed by atoms with van der Waals surface area (Å²) in [6.07, 6.45) is 21.9. The van der Waals surface area contributed by atoms with Gasteiger partial charge in [-0.3, -0.25) is 0 Å². The van der Waals surface area contributed by atoms with E-state index in [4.69, 9.17) is 0 Å². The van der Waals surface area contributed by atoms with Crippen LogP contribution in [0.1, 0.15) is 96.0 Å². The number of allylic oxidation sites excluding steroid dienone is 2. The Morgan fingerprint density at radius 3 is 2.30 bits per heavy atom. The van der Waals surface area contributed by atoms with Gasteiger partial charge in [0.1, 0.15) is 5.82 Å². The zero-order valence-electron chi connectivity index (χ0n) is 17.4. The first kappa shape index (κ1) is 20.6. The van der Waals surface area contributed by atoms with Crippen molar-refractivity contribution in [1.29, 1.82) is 0 Å². The summed E-state index contributed by atoms with van der Waals surface area (Å²) in [5.74, 6) is 2.84. The Bertz CT molecular complexity index is 562. The van der Waals surface area contributed by atoms with Gasteiger partial charge in [0.2, 0.25) is 0 Å². The molecule has 3 rings (SSSR count). The molecule has 0 aromatic heterocycles. The van der Waals surface area contributed by atoms with E-state index in [0.29, 0.717) is 0 Å². The van der Waals surface area contributed by atoms with Gasteiger partial charge >= 0.3 is 0 Å². The number of halogens is 1. The molecule has 0 heterocycles. The molecule has 0 aliphatic heterocycles. The highest BCUT2D eigenvalue weighted by Crippen LogP contribution is 2.41. The monoisotopic (exact) mass is 370 g/mol. The van der Waals surface area contributed by atoms with Crippen molar-refractivity contribution >= 4 is 0 Å². The predicted molar refractivity (Wildman–Crippen MR) is 114 cm³/mol. The molecule has 1 saturated carbocycles. The molecular weight excluding hydrogens is 331 g/mol. The third kappa shape index (κ3) is 6.77. The maximum absolute atomic E-state index is 13.0. The van der Waals surface area contributed by atoms with Crippen molar-refractivity contribution in [2.24, 2.45) is 17.8 Å². The van der Waals surface area contributed by atoms with Crippen LogP contribution in [0.3, 0.4) is 0 Å². The highest BCUT2D eigenvalue weighted by molar-refractivity contribution is 5.18. The van der Waals surface area contributed by atoms with Crippen LogP contribution in [0.5, 0.6) is 0 Å². The van der Waals surface area contributed by atoms with E-state index in [-0.39, 0.29) is 5.82 Å². The molecule has 27 heavy (non-hydrogen) atoms. The molecule has 0 N–H and O–H groups in total. The number of hydrogen-bond acceptors (Lipinski definition) is 0. The first-order chi connectivity index (χ1) is 13.2. The molecular formula is C26H39F. The lowest BCUT2D eigenvalue weighted by atomic mass is 9.70. The Hall–Kier alpha value is -1.11. The van der Waals surface area contributed by atoms with Crippen LogP contribution in [0, 0.1) is 23.6 Å². The zero-order valence-corrected chi connectivity index (χ0v) is 17.4. The smallest absolute Gasteiger partial charge is 0.123 e. The van der Waals surface area contributed by atoms with E-state index in [0.717, 1.165) is 30.6 Å². The molecule has 0 saturated heterocycles. The zero-order chi connectivity index (χ0) is 18.9. The van der Waals surface area contributed by atoms with Gasteiger partial charge in [-0.2, -0.15) is 0 Å². The summed E-state index contributed by atoms with van der Waals surface area (Å²) in [7, 11) is 0.